The first-order chi connectivity index (χ1) is 6.70. The van der Waals surface area contributed by atoms with Crippen molar-refractivity contribution in [2.75, 3.05) is 0 Å². The highest BCUT2D eigenvalue weighted by atomic mass is 79.9. The van der Waals surface area contributed by atoms with Crippen molar-refractivity contribution in [2.24, 2.45) is 5.73 Å². The molecule has 0 saturated heterocycles. The predicted octanol–water partition coefficient (Wildman–Crippen LogP) is 1.75. The fourth-order valence-electron chi connectivity index (χ4n) is 1.37. The maximum Gasteiger partial charge on any atom is 0.252 e. The molecule has 2 aromatic rings. The Morgan fingerprint density at radius 1 is 1.36 bits per heavy atom. The molecule has 2 rings (SSSR count). The van der Waals surface area contributed by atoms with Crippen molar-refractivity contribution in [3.63, 3.8) is 0 Å². The predicted molar refractivity (Wildman–Crippen MR) is 60.2 cm³/mol. The Balaban J connectivity index is 2.79. The molecule has 0 radical (unpaired) electrons. The summed E-state index contributed by atoms with van der Waals surface area (Å²) in [6.07, 6.45) is 0. The minimum absolute atomic E-state index is 0.113. The molecule has 0 bridgehead atoms. The van der Waals surface area contributed by atoms with Crippen molar-refractivity contribution in [1.82, 2.24) is 4.98 Å². The molecule has 0 saturated carbocycles. The number of aromatic nitrogens is 1. The van der Waals surface area contributed by atoms with Crippen LogP contribution in [-0.4, -0.2) is 4.98 Å². The summed E-state index contributed by atoms with van der Waals surface area (Å²) in [5.74, 6) is 0. The van der Waals surface area contributed by atoms with Gasteiger partial charge in [-0.1, -0.05) is 22.0 Å². The molecule has 1 aromatic carbocycles. The van der Waals surface area contributed by atoms with Crippen molar-refractivity contribution in [2.45, 2.75) is 6.54 Å². The van der Waals surface area contributed by atoms with Crippen LogP contribution in [0.25, 0.3) is 10.9 Å². The second kappa shape index (κ2) is 3.55. The van der Waals surface area contributed by atoms with Crippen molar-refractivity contribution >= 4 is 26.8 Å². The quantitative estimate of drug-likeness (QED) is 0.813. The third-order valence-electron chi connectivity index (χ3n) is 2.10. The summed E-state index contributed by atoms with van der Waals surface area (Å²) in [6.45, 7) is 0.265. The molecule has 14 heavy (non-hydrogen) atoms. The Morgan fingerprint density at radius 3 is 2.86 bits per heavy atom. The number of pyridine rings is 1. The fraction of sp³-hybridized carbons (Fsp3) is 0.100. The van der Waals surface area contributed by atoms with Crippen LogP contribution in [0.3, 0.4) is 0 Å². The van der Waals surface area contributed by atoms with Gasteiger partial charge in [-0.05, 0) is 23.6 Å². The van der Waals surface area contributed by atoms with E-state index in [1.165, 1.54) is 0 Å². The zero-order chi connectivity index (χ0) is 10.1. The van der Waals surface area contributed by atoms with Gasteiger partial charge in [0.2, 0.25) is 0 Å². The number of aromatic amines is 1. The molecular formula is C10H9BrN2O. The van der Waals surface area contributed by atoms with Crippen LogP contribution < -0.4 is 11.3 Å². The molecule has 1 heterocycles. The van der Waals surface area contributed by atoms with Crippen LogP contribution in [-0.2, 0) is 6.54 Å². The van der Waals surface area contributed by atoms with E-state index in [1.54, 1.807) is 0 Å². The SMILES string of the molecule is NCc1cc2ccc(Br)cc2[nH]c1=O. The first-order valence-corrected chi connectivity index (χ1v) is 5.01. The maximum absolute atomic E-state index is 11.4. The summed E-state index contributed by atoms with van der Waals surface area (Å²) in [5, 5.41) is 0.994. The largest absolute Gasteiger partial charge is 0.326 e. The van der Waals surface area contributed by atoms with Gasteiger partial charge in [0.15, 0.2) is 0 Å². The van der Waals surface area contributed by atoms with Crippen LogP contribution in [0.1, 0.15) is 5.56 Å². The molecule has 0 unspecified atom stereocenters. The highest BCUT2D eigenvalue weighted by Crippen LogP contribution is 2.17. The topological polar surface area (TPSA) is 58.9 Å². The van der Waals surface area contributed by atoms with E-state index in [0.717, 1.165) is 15.4 Å². The lowest BCUT2D eigenvalue weighted by molar-refractivity contribution is 1.03. The lowest BCUT2D eigenvalue weighted by atomic mass is 10.1. The summed E-state index contributed by atoms with van der Waals surface area (Å²) in [7, 11) is 0. The van der Waals surface area contributed by atoms with Gasteiger partial charge in [-0.3, -0.25) is 4.79 Å². The summed E-state index contributed by atoms with van der Waals surface area (Å²) in [6, 6.07) is 7.56. The Kier molecular flexibility index (Phi) is 2.39. The lowest BCUT2D eigenvalue weighted by Crippen LogP contribution is -2.15. The van der Waals surface area contributed by atoms with Crippen LogP contribution in [0.2, 0.25) is 0 Å². The molecule has 3 nitrogen and oxygen atoms in total. The zero-order valence-corrected chi connectivity index (χ0v) is 8.97. The highest BCUT2D eigenvalue weighted by molar-refractivity contribution is 9.10. The molecular weight excluding hydrogens is 244 g/mol. The average Bonchev–Trinajstić information content (AvgIpc) is 2.16. The van der Waals surface area contributed by atoms with Gasteiger partial charge in [0, 0.05) is 22.1 Å². The van der Waals surface area contributed by atoms with Gasteiger partial charge < -0.3 is 10.7 Å². The Morgan fingerprint density at radius 2 is 2.14 bits per heavy atom. The highest BCUT2D eigenvalue weighted by Gasteiger charge is 2.00. The monoisotopic (exact) mass is 252 g/mol. The van der Waals surface area contributed by atoms with Crippen molar-refractivity contribution in [3.8, 4) is 0 Å². The number of hydrogen-bond acceptors (Lipinski definition) is 2. The Labute approximate surface area is 89.1 Å². The third kappa shape index (κ3) is 1.58. The summed E-state index contributed by atoms with van der Waals surface area (Å²) < 4.78 is 0.946. The van der Waals surface area contributed by atoms with Gasteiger partial charge in [0.05, 0.1) is 0 Å². The fourth-order valence-corrected chi connectivity index (χ4v) is 1.73. The Bertz CT molecular complexity index is 533. The number of halogens is 1. The van der Waals surface area contributed by atoms with Gasteiger partial charge >= 0.3 is 0 Å². The number of nitrogens with one attached hydrogen (secondary N) is 1. The third-order valence-corrected chi connectivity index (χ3v) is 2.60. The number of nitrogens with two attached hydrogens (primary N) is 1. The van der Waals surface area contributed by atoms with Gasteiger partial charge in [0.25, 0.3) is 5.56 Å². The smallest absolute Gasteiger partial charge is 0.252 e. The molecule has 72 valence electrons. The van der Waals surface area contributed by atoms with E-state index in [4.69, 9.17) is 5.73 Å². The van der Waals surface area contributed by atoms with Gasteiger partial charge in [-0.2, -0.15) is 0 Å². The van der Waals surface area contributed by atoms with E-state index in [0.29, 0.717) is 5.56 Å². The minimum Gasteiger partial charge on any atom is -0.326 e. The first-order valence-electron chi connectivity index (χ1n) is 4.22. The molecule has 4 heteroatoms. The van der Waals surface area contributed by atoms with Gasteiger partial charge in [-0.15, -0.1) is 0 Å². The van der Waals surface area contributed by atoms with Gasteiger partial charge in [0.1, 0.15) is 0 Å². The number of rotatable bonds is 1. The minimum atomic E-state index is -0.113. The van der Waals surface area contributed by atoms with E-state index in [1.807, 2.05) is 24.3 Å². The molecule has 1 aromatic heterocycles. The van der Waals surface area contributed by atoms with Crippen LogP contribution in [0.4, 0.5) is 0 Å². The van der Waals surface area contributed by atoms with Crippen LogP contribution in [0.5, 0.6) is 0 Å². The second-order valence-electron chi connectivity index (χ2n) is 3.06. The molecule has 0 aliphatic carbocycles. The lowest BCUT2D eigenvalue weighted by Gasteiger charge is -2.01. The molecule has 3 N–H and O–H groups in total. The molecule has 0 spiro atoms. The number of benzene rings is 1. The van der Waals surface area contributed by atoms with E-state index in [2.05, 4.69) is 20.9 Å². The summed E-state index contributed by atoms with van der Waals surface area (Å²) >= 11 is 3.35. The summed E-state index contributed by atoms with van der Waals surface area (Å²) in [5.41, 5.74) is 6.76. The van der Waals surface area contributed by atoms with Crippen LogP contribution >= 0.6 is 15.9 Å². The average molecular weight is 253 g/mol. The Hall–Kier alpha value is -1.13. The van der Waals surface area contributed by atoms with Gasteiger partial charge in [-0.25, -0.2) is 0 Å². The van der Waals surface area contributed by atoms with Crippen LogP contribution in [0.15, 0.2) is 33.5 Å². The summed E-state index contributed by atoms with van der Waals surface area (Å²) in [4.78, 5) is 14.2. The normalized spacial score (nSPS) is 10.7. The van der Waals surface area contributed by atoms with E-state index >= 15 is 0 Å². The van der Waals surface area contributed by atoms with E-state index in [-0.39, 0.29) is 12.1 Å². The zero-order valence-electron chi connectivity index (χ0n) is 7.38. The van der Waals surface area contributed by atoms with Crippen molar-refractivity contribution in [3.05, 3.63) is 44.7 Å². The van der Waals surface area contributed by atoms with E-state index in [9.17, 15) is 4.79 Å². The number of H-pyrrole nitrogens is 1. The molecule has 0 atom stereocenters. The maximum atomic E-state index is 11.4. The molecule has 0 amide bonds. The number of fused-ring (bicyclic) bond motifs is 1. The van der Waals surface area contributed by atoms with Crippen molar-refractivity contribution in [1.29, 1.82) is 0 Å². The first kappa shape index (κ1) is 9.43. The molecule has 0 aliphatic heterocycles. The standard InChI is InChI=1S/C10H9BrN2O/c11-8-2-1-6-3-7(5-12)10(14)13-9(6)4-8/h1-4H,5,12H2,(H,13,14). The molecule has 0 aliphatic rings. The van der Waals surface area contributed by atoms with E-state index < -0.39 is 0 Å². The van der Waals surface area contributed by atoms with Crippen molar-refractivity contribution < 1.29 is 0 Å². The van der Waals surface area contributed by atoms with Crippen LogP contribution in [0, 0.1) is 0 Å². The molecule has 0 fully saturated rings. The number of hydrogen-bond donors (Lipinski definition) is 2. The second-order valence-corrected chi connectivity index (χ2v) is 3.98.